The van der Waals surface area contributed by atoms with E-state index in [1.807, 2.05) is 42.6 Å². The van der Waals surface area contributed by atoms with Crippen molar-refractivity contribution in [3.63, 3.8) is 0 Å². The Bertz CT molecular complexity index is 2070. The number of aromatic amines is 2. The number of benzene rings is 3. The number of nitrogens with two attached hydrogens (primary N) is 1. The molecule has 0 spiro atoms. The first kappa shape index (κ1) is 28.3. The monoisotopic (exact) mass is 593 g/mol. The van der Waals surface area contributed by atoms with Crippen molar-refractivity contribution < 1.29 is 4.79 Å². The molecular formula is C37H35N7O. The summed E-state index contributed by atoms with van der Waals surface area (Å²) in [7, 11) is 0. The summed E-state index contributed by atoms with van der Waals surface area (Å²) in [6.45, 7) is 2.15. The number of nitrogens with one attached hydrogen (secondary N) is 2. The number of rotatable bonds is 11. The minimum Gasteiger partial charge on any atom is -0.369 e. The molecule has 4 N–H and O–H groups in total. The average molecular weight is 594 g/mol. The maximum Gasteiger partial charge on any atom is 0.227 e. The van der Waals surface area contributed by atoms with Crippen LogP contribution in [0.5, 0.6) is 0 Å². The molecule has 8 heteroatoms. The van der Waals surface area contributed by atoms with Gasteiger partial charge in [-0.15, -0.1) is 10.2 Å². The van der Waals surface area contributed by atoms with Crippen molar-refractivity contribution in [3.8, 4) is 5.69 Å². The van der Waals surface area contributed by atoms with Gasteiger partial charge in [0.15, 0.2) is 0 Å². The summed E-state index contributed by atoms with van der Waals surface area (Å²) in [4.78, 5) is 24.7. The van der Waals surface area contributed by atoms with Crippen molar-refractivity contribution >= 4 is 27.7 Å². The molecule has 0 saturated carbocycles. The molecule has 0 saturated heterocycles. The number of H-pyrrole nitrogens is 2. The highest BCUT2D eigenvalue weighted by molar-refractivity contribution is 5.85. The molecule has 224 valence electrons. The molecule has 0 aliphatic carbocycles. The summed E-state index contributed by atoms with van der Waals surface area (Å²) < 4.78 is 2.13. The van der Waals surface area contributed by atoms with Crippen LogP contribution >= 0.6 is 0 Å². The predicted octanol–water partition coefficient (Wildman–Crippen LogP) is 6.57. The zero-order valence-corrected chi connectivity index (χ0v) is 25.1. The van der Waals surface area contributed by atoms with Crippen LogP contribution in [-0.2, 0) is 30.5 Å². The van der Waals surface area contributed by atoms with E-state index in [2.05, 4.69) is 87.2 Å². The number of hydrogen-bond acceptors (Lipinski definition) is 4. The third kappa shape index (κ3) is 5.51. The fourth-order valence-electron chi connectivity index (χ4n) is 6.49. The minimum atomic E-state index is -0.723. The summed E-state index contributed by atoms with van der Waals surface area (Å²) in [5, 5.41) is 11.9. The second-order valence-corrected chi connectivity index (χ2v) is 11.5. The molecule has 45 heavy (non-hydrogen) atoms. The fourth-order valence-corrected chi connectivity index (χ4v) is 6.49. The van der Waals surface area contributed by atoms with Gasteiger partial charge in [0.1, 0.15) is 11.6 Å². The van der Waals surface area contributed by atoms with Crippen LogP contribution in [0.25, 0.3) is 27.5 Å². The number of para-hydroxylation sites is 2. The molecule has 0 aliphatic rings. The third-order valence-electron chi connectivity index (χ3n) is 8.81. The summed E-state index contributed by atoms with van der Waals surface area (Å²) in [6.07, 6.45) is 8.69. The fraction of sp³-hybridized carbons (Fsp3) is 0.189. The molecule has 8 nitrogen and oxygen atoms in total. The van der Waals surface area contributed by atoms with E-state index in [0.717, 1.165) is 46.3 Å². The van der Waals surface area contributed by atoms with Gasteiger partial charge >= 0.3 is 0 Å². The number of amides is 1. The van der Waals surface area contributed by atoms with Crippen LogP contribution in [0.1, 0.15) is 52.8 Å². The Balaban J connectivity index is 1.37. The smallest absolute Gasteiger partial charge is 0.227 e. The van der Waals surface area contributed by atoms with Crippen LogP contribution in [0, 0.1) is 0 Å². The Kier molecular flexibility index (Phi) is 7.69. The number of carbonyl (C=O) groups is 1. The number of fused-ring (bicyclic) bond motifs is 2. The first-order chi connectivity index (χ1) is 22.1. The Morgan fingerprint density at radius 1 is 0.800 bits per heavy atom. The molecule has 7 aromatic rings. The van der Waals surface area contributed by atoms with Crippen LogP contribution in [-0.4, -0.2) is 35.6 Å². The second kappa shape index (κ2) is 12.2. The molecule has 1 amide bonds. The van der Waals surface area contributed by atoms with Gasteiger partial charge in [0.05, 0.1) is 11.6 Å². The minimum absolute atomic E-state index is 0.434. The molecule has 0 radical (unpaired) electrons. The molecule has 0 aliphatic heterocycles. The molecule has 2 atom stereocenters. The maximum absolute atomic E-state index is 13.4. The lowest BCUT2D eigenvalue weighted by Crippen LogP contribution is -2.30. The lowest BCUT2D eigenvalue weighted by atomic mass is 9.82. The van der Waals surface area contributed by atoms with E-state index in [1.54, 1.807) is 6.20 Å². The number of pyridine rings is 1. The van der Waals surface area contributed by atoms with Crippen LogP contribution in [0.4, 0.5) is 0 Å². The van der Waals surface area contributed by atoms with Crippen LogP contribution in [0.3, 0.4) is 0 Å². The summed E-state index contributed by atoms with van der Waals surface area (Å²) in [6, 6.07) is 30.6. The highest BCUT2D eigenvalue weighted by Gasteiger charge is 2.36. The Labute approximate surface area is 261 Å². The lowest BCUT2D eigenvalue weighted by Gasteiger charge is -2.25. The Morgan fingerprint density at radius 2 is 1.47 bits per heavy atom. The van der Waals surface area contributed by atoms with Gasteiger partial charge in [0.2, 0.25) is 5.91 Å². The van der Waals surface area contributed by atoms with Crippen molar-refractivity contribution in [2.24, 2.45) is 5.73 Å². The number of hydrogen-bond donors (Lipinski definition) is 3. The first-order valence-electron chi connectivity index (χ1n) is 15.4. The largest absolute Gasteiger partial charge is 0.369 e. The Morgan fingerprint density at radius 3 is 2.13 bits per heavy atom. The van der Waals surface area contributed by atoms with Crippen molar-refractivity contribution in [1.82, 2.24) is 29.7 Å². The van der Waals surface area contributed by atoms with E-state index in [4.69, 9.17) is 15.9 Å². The van der Waals surface area contributed by atoms with E-state index >= 15 is 0 Å². The SMILES string of the molecule is CCc1ccc(-n2c(CCc3c[nH]c4ccccc34)nnc2[C@H](Cc2c[nH]c3ccccc23)C(C(N)=O)c2ccccn2)cc1. The van der Waals surface area contributed by atoms with E-state index < -0.39 is 17.7 Å². The Hall–Kier alpha value is -5.50. The van der Waals surface area contributed by atoms with Gasteiger partial charge in [-0.3, -0.25) is 14.3 Å². The van der Waals surface area contributed by atoms with E-state index in [9.17, 15) is 4.79 Å². The van der Waals surface area contributed by atoms with Gasteiger partial charge in [0, 0.05) is 58.4 Å². The van der Waals surface area contributed by atoms with Gasteiger partial charge in [-0.1, -0.05) is 61.5 Å². The zero-order valence-electron chi connectivity index (χ0n) is 25.1. The standard InChI is InChI=1S/C37H35N7O/c1-2-24-14-17-27(18-15-24)44-34(19-16-25-22-40-31-11-5-3-9-28(25)31)42-43-37(44)30(35(36(38)45)33-13-7-8-20-39-33)21-26-23-41-32-12-6-4-10-29(26)32/h3-15,17-18,20,22-23,30,35,40-41H,2,16,19,21H2,1H3,(H2,38,45)/t30-,35?/m1/s1. The van der Waals surface area contributed by atoms with Crippen LogP contribution < -0.4 is 5.73 Å². The molecule has 3 aromatic carbocycles. The molecular weight excluding hydrogens is 558 g/mol. The van der Waals surface area contributed by atoms with E-state index in [1.165, 1.54) is 16.5 Å². The number of primary amides is 1. The van der Waals surface area contributed by atoms with Crippen molar-refractivity contribution in [2.75, 3.05) is 0 Å². The van der Waals surface area contributed by atoms with Gasteiger partial charge in [-0.05, 0) is 72.4 Å². The third-order valence-corrected chi connectivity index (χ3v) is 8.81. The van der Waals surface area contributed by atoms with Gasteiger partial charge in [0.25, 0.3) is 0 Å². The van der Waals surface area contributed by atoms with E-state index in [0.29, 0.717) is 24.4 Å². The highest BCUT2D eigenvalue weighted by atomic mass is 16.1. The van der Waals surface area contributed by atoms with Crippen molar-refractivity contribution in [3.05, 3.63) is 144 Å². The maximum atomic E-state index is 13.4. The topological polar surface area (TPSA) is 118 Å². The van der Waals surface area contributed by atoms with Crippen molar-refractivity contribution in [1.29, 1.82) is 0 Å². The van der Waals surface area contributed by atoms with Crippen LogP contribution in [0.15, 0.2) is 110 Å². The zero-order chi connectivity index (χ0) is 30.8. The van der Waals surface area contributed by atoms with Crippen molar-refractivity contribution in [2.45, 2.75) is 44.4 Å². The highest BCUT2D eigenvalue weighted by Crippen LogP contribution is 2.37. The van der Waals surface area contributed by atoms with Crippen LogP contribution in [0.2, 0.25) is 0 Å². The quantitative estimate of drug-likeness (QED) is 0.157. The molecule has 0 bridgehead atoms. The van der Waals surface area contributed by atoms with E-state index in [-0.39, 0.29) is 0 Å². The predicted molar refractivity (Wildman–Crippen MR) is 177 cm³/mol. The van der Waals surface area contributed by atoms with Gasteiger partial charge in [-0.2, -0.15) is 0 Å². The number of carbonyl (C=O) groups excluding carboxylic acids is 1. The second-order valence-electron chi connectivity index (χ2n) is 11.5. The summed E-state index contributed by atoms with van der Waals surface area (Å²) in [5.41, 5.74) is 13.5. The first-order valence-corrected chi connectivity index (χ1v) is 15.4. The van der Waals surface area contributed by atoms with Gasteiger partial charge in [-0.25, -0.2) is 0 Å². The number of aromatic nitrogens is 6. The molecule has 0 fully saturated rings. The average Bonchev–Trinajstić information content (AvgIpc) is 3.81. The summed E-state index contributed by atoms with van der Waals surface area (Å²) in [5.74, 6) is -0.0913. The molecule has 7 rings (SSSR count). The molecule has 4 aromatic heterocycles. The molecule has 1 unspecified atom stereocenters. The number of nitrogens with zero attached hydrogens (tertiary/aromatic N) is 4. The van der Waals surface area contributed by atoms with Gasteiger partial charge < -0.3 is 15.7 Å². The lowest BCUT2D eigenvalue weighted by molar-refractivity contribution is -0.120. The normalized spacial score (nSPS) is 12.9. The molecule has 4 heterocycles. The number of aryl methyl sites for hydroxylation is 3. The summed E-state index contributed by atoms with van der Waals surface area (Å²) >= 11 is 0.